The van der Waals surface area contributed by atoms with Crippen LogP contribution in [0.2, 0.25) is 0 Å². The number of likely N-dealkylation sites (tertiary alicyclic amines) is 1. The monoisotopic (exact) mass is 259 g/mol. The third-order valence-corrected chi connectivity index (χ3v) is 4.10. The SMILES string of the molecule is CC(NC1CC(C)N(C)C1)c1nnc2ccccn12. The third-order valence-electron chi connectivity index (χ3n) is 4.10. The molecular weight excluding hydrogens is 238 g/mol. The van der Waals surface area contributed by atoms with E-state index in [1.807, 2.05) is 24.4 Å². The molecular formula is C14H21N5. The van der Waals surface area contributed by atoms with Gasteiger partial charge in [0, 0.05) is 24.8 Å². The molecule has 2 aromatic heterocycles. The molecule has 0 bridgehead atoms. The van der Waals surface area contributed by atoms with Gasteiger partial charge in [0.25, 0.3) is 0 Å². The highest BCUT2D eigenvalue weighted by Crippen LogP contribution is 2.19. The Bertz CT molecular complexity index is 554. The number of pyridine rings is 1. The minimum absolute atomic E-state index is 0.209. The fourth-order valence-corrected chi connectivity index (χ4v) is 2.90. The fraction of sp³-hybridized carbons (Fsp3) is 0.571. The highest BCUT2D eigenvalue weighted by molar-refractivity contribution is 5.37. The summed E-state index contributed by atoms with van der Waals surface area (Å²) in [5.74, 6) is 0.984. The molecule has 1 fully saturated rings. The molecule has 19 heavy (non-hydrogen) atoms. The Morgan fingerprint density at radius 3 is 2.95 bits per heavy atom. The zero-order chi connectivity index (χ0) is 13.4. The summed E-state index contributed by atoms with van der Waals surface area (Å²) in [6, 6.07) is 7.37. The first-order valence-electron chi connectivity index (χ1n) is 6.91. The molecule has 3 heterocycles. The van der Waals surface area contributed by atoms with Crippen LogP contribution in [-0.2, 0) is 0 Å². The molecule has 0 radical (unpaired) electrons. The topological polar surface area (TPSA) is 45.5 Å². The first-order chi connectivity index (χ1) is 9.15. The predicted octanol–water partition coefficient (Wildman–Crippen LogP) is 1.47. The second-order valence-electron chi connectivity index (χ2n) is 5.60. The zero-order valence-electron chi connectivity index (χ0n) is 11.7. The van der Waals surface area contributed by atoms with Crippen LogP contribution >= 0.6 is 0 Å². The van der Waals surface area contributed by atoms with E-state index in [0.29, 0.717) is 12.1 Å². The Labute approximate surface area is 113 Å². The molecule has 0 aliphatic carbocycles. The highest BCUT2D eigenvalue weighted by Gasteiger charge is 2.28. The number of fused-ring (bicyclic) bond motifs is 1. The fourth-order valence-electron chi connectivity index (χ4n) is 2.90. The summed E-state index contributed by atoms with van der Waals surface area (Å²) in [6.45, 7) is 5.54. The molecule has 1 aliphatic heterocycles. The van der Waals surface area contributed by atoms with E-state index in [4.69, 9.17) is 0 Å². The average Bonchev–Trinajstić information content (AvgIpc) is 2.94. The Balaban J connectivity index is 1.75. The summed E-state index contributed by atoms with van der Waals surface area (Å²) >= 11 is 0. The van der Waals surface area contributed by atoms with Gasteiger partial charge in [-0.1, -0.05) is 6.07 Å². The zero-order valence-corrected chi connectivity index (χ0v) is 11.7. The maximum atomic E-state index is 4.31. The molecule has 5 nitrogen and oxygen atoms in total. The lowest BCUT2D eigenvalue weighted by molar-refractivity contribution is 0.324. The lowest BCUT2D eigenvalue weighted by Gasteiger charge is -2.18. The molecule has 1 aliphatic rings. The molecule has 2 aromatic rings. The van der Waals surface area contributed by atoms with E-state index in [2.05, 4.69) is 45.7 Å². The molecule has 0 amide bonds. The van der Waals surface area contributed by atoms with Crippen molar-refractivity contribution in [3.05, 3.63) is 30.2 Å². The molecule has 102 valence electrons. The van der Waals surface area contributed by atoms with Crippen LogP contribution < -0.4 is 5.32 Å². The van der Waals surface area contributed by atoms with Crippen LogP contribution in [0.4, 0.5) is 0 Å². The van der Waals surface area contributed by atoms with Gasteiger partial charge in [-0.15, -0.1) is 10.2 Å². The van der Waals surface area contributed by atoms with Gasteiger partial charge in [0.15, 0.2) is 11.5 Å². The van der Waals surface area contributed by atoms with Gasteiger partial charge in [-0.25, -0.2) is 0 Å². The Morgan fingerprint density at radius 1 is 1.37 bits per heavy atom. The van der Waals surface area contributed by atoms with Gasteiger partial charge >= 0.3 is 0 Å². The average molecular weight is 259 g/mol. The number of hydrogen-bond donors (Lipinski definition) is 1. The molecule has 0 saturated carbocycles. The van der Waals surface area contributed by atoms with Crippen molar-refractivity contribution in [3.63, 3.8) is 0 Å². The van der Waals surface area contributed by atoms with Crippen LogP contribution in [0.3, 0.4) is 0 Å². The molecule has 3 unspecified atom stereocenters. The summed E-state index contributed by atoms with van der Waals surface area (Å²) < 4.78 is 2.06. The number of rotatable bonds is 3. The first-order valence-corrected chi connectivity index (χ1v) is 6.91. The van der Waals surface area contributed by atoms with E-state index >= 15 is 0 Å². The summed E-state index contributed by atoms with van der Waals surface area (Å²) in [6.07, 6.45) is 3.21. The number of likely N-dealkylation sites (N-methyl/N-ethyl adjacent to an activating group) is 1. The summed E-state index contributed by atoms with van der Waals surface area (Å²) in [5.41, 5.74) is 0.906. The summed E-state index contributed by atoms with van der Waals surface area (Å²) in [5, 5.41) is 12.2. The van der Waals surface area contributed by atoms with E-state index in [0.717, 1.165) is 18.0 Å². The van der Waals surface area contributed by atoms with E-state index < -0.39 is 0 Å². The van der Waals surface area contributed by atoms with Gasteiger partial charge in [-0.2, -0.15) is 0 Å². The number of aromatic nitrogens is 3. The Morgan fingerprint density at radius 2 is 2.21 bits per heavy atom. The highest BCUT2D eigenvalue weighted by atomic mass is 15.3. The second kappa shape index (κ2) is 4.90. The standard InChI is InChI=1S/C14H21N5/c1-10-8-12(9-18(10)3)15-11(2)14-17-16-13-6-4-5-7-19(13)14/h4-7,10-12,15H,8-9H2,1-3H3. The van der Waals surface area contributed by atoms with Gasteiger partial charge in [0.05, 0.1) is 6.04 Å². The molecule has 0 spiro atoms. The van der Waals surface area contributed by atoms with Crippen molar-refractivity contribution in [3.8, 4) is 0 Å². The quantitative estimate of drug-likeness (QED) is 0.906. The van der Waals surface area contributed by atoms with Crippen LogP contribution in [0, 0.1) is 0 Å². The molecule has 3 atom stereocenters. The van der Waals surface area contributed by atoms with Crippen molar-refractivity contribution in [2.75, 3.05) is 13.6 Å². The normalized spacial score (nSPS) is 26.1. The van der Waals surface area contributed by atoms with Crippen molar-refractivity contribution in [2.45, 2.75) is 38.4 Å². The minimum atomic E-state index is 0.209. The lowest BCUT2D eigenvalue weighted by atomic mass is 10.1. The molecule has 1 N–H and O–H groups in total. The molecule has 3 rings (SSSR count). The maximum absolute atomic E-state index is 4.31. The van der Waals surface area contributed by atoms with Crippen LogP contribution in [-0.4, -0.2) is 45.2 Å². The number of nitrogens with zero attached hydrogens (tertiary/aromatic N) is 4. The summed E-state index contributed by atoms with van der Waals surface area (Å²) in [7, 11) is 2.18. The minimum Gasteiger partial charge on any atom is -0.303 e. The van der Waals surface area contributed by atoms with Crippen LogP contribution in [0.5, 0.6) is 0 Å². The van der Waals surface area contributed by atoms with Crippen molar-refractivity contribution in [1.82, 2.24) is 24.8 Å². The predicted molar refractivity (Wildman–Crippen MR) is 75.0 cm³/mol. The smallest absolute Gasteiger partial charge is 0.160 e. The Kier molecular flexibility index (Phi) is 3.24. The number of nitrogens with one attached hydrogen (secondary N) is 1. The van der Waals surface area contributed by atoms with Crippen LogP contribution in [0.15, 0.2) is 24.4 Å². The first kappa shape index (κ1) is 12.6. The molecule has 5 heteroatoms. The van der Waals surface area contributed by atoms with Crippen molar-refractivity contribution >= 4 is 5.65 Å². The van der Waals surface area contributed by atoms with Crippen LogP contribution in [0.25, 0.3) is 5.65 Å². The van der Waals surface area contributed by atoms with Gasteiger partial charge in [0.2, 0.25) is 0 Å². The van der Waals surface area contributed by atoms with E-state index in [1.54, 1.807) is 0 Å². The van der Waals surface area contributed by atoms with E-state index in [1.165, 1.54) is 6.42 Å². The molecule has 1 saturated heterocycles. The summed E-state index contributed by atoms with van der Waals surface area (Å²) in [4.78, 5) is 2.40. The molecule has 0 aromatic carbocycles. The lowest BCUT2D eigenvalue weighted by Crippen LogP contribution is -2.34. The largest absolute Gasteiger partial charge is 0.303 e. The van der Waals surface area contributed by atoms with Crippen LogP contribution in [0.1, 0.15) is 32.1 Å². The van der Waals surface area contributed by atoms with Gasteiger partial charge in [-0.3, -0.25) is 4.40 Å². The van der Waals surface area contributed by atoms with Crippen molar-refractivity contribution < 1.29 is 0 Å². The van der Waals surface area contributed by atoms with E-state index in [9.17, 15) is 0 Å². The van der Waals surface area contributed by atoms with Gasteiger partial charge < -0.3 is 10.2 Å². The number of hydrogen-bond acceptors (Lipinski definition) is 4. The third kappa shape index (κ3) is 2.35. The van der Waals surface area contributed by atoms with Gasteiger partial charge in [-0.05, 0) is 39.4 Å². The van der Waals surface area contributed by atoms with Crippen molar-refractivity contribution in [1.29, 1.82) is 0 Å². The second-order valence-corrected chi connectivity index (χ2v) is 5.60. The Hall–Kier alpha value is -1.46. The maximum Gasteiger partial charge on any atom is 0.160 e. The van der Waals surface area contributed by atoms with Gasteiger partial charge in [0.1, 0.15) is 0 Å². The van der Waals surface area contributed by atoms with E-state index in [-0.39, 0.29) is 6.04 Å². The van der Waals surface area contributed by atoms with Crippen molar-refractivity contribution in [2.24, 2.45) is 0 Å².